The molecular formula is C33H33F3N6O3. The van der Waals surface area contributed by atoms with E-state index in [0.717, 1.165) is 24.7 Å². The van der Waals surface area contributed by atoms with E-state index in [1.54, 1.807) is 30.3 Å². The summed E-state index contributed by atoms with van der Waals surface area (Å²) in [5.41, 5.74) is 7.82. The molecule has 0 saturated carbocycles. The third-order valence-corrected chi connectivity index (χ3v) is 7.70. The SMILES string of the molecule is COc1cc2nc(N)nc(C#Cc3cc(C(=O)Nc4ccc(CN5CCN(C)CC5)c(C(F)(F)F)c4)ccc3C)c2cc1OC. The minimum absolute atomic E-state index is 0.0247. The van der Waals surface area contributed by atoms with Gasteiger partial charge < -0.3 is 25.4 Å². The molecule has 4 aromatic rings. The Balaban J connectivity index is 1.40. The lowest BCUT2D eigenvalue weighted by atomic mass is 10.0. The van der Waals surface area contributed by atoms with Crippen molar-refractivity contribution in [2.75, 3.05) is 58.5 Å². The lowest BCUT2D eigenvalue weighted by molar-refractivity contribution is -0.138. The second kappa shape index (κ2) is 13.0. The van der Waals surface area contributed by atoms with E-state index in [2.05, 4.69) is 32.0 Å². The topological polar surface area (TPSA) is 106 Å². The third-order valence-electron chi connectivity index (χ3n) is 7.70. The zero-order valence-corrected chi connectivity index (χ0v) is 25.4. The fraction of sp³-hybridized carbons (Fsp3) is 0.303. The number of hydrogen-bond donors (Lipinski definition) is 2. The van der Waals surface area contributed by atoms with Crippen molar-refractivity contribution in [3.63, 3.8) is 0 Å². The Labute approximate surface area is 259 Å². The lowest BCUT2D eigenvalue weighted by Gasteiger charge is -2.33. The summed E-state index contributed by atoms with van der Waals surface area (Å²) in [4.78, 5) is 25.9. The van der Waals surface area contributed by atoms with E-state index in [1.807, 2.05) is 18.9 Å². The second-order valence-electron chi connectivity index (χ2n) is 10.8. The van der Waals surface area contributed by atoms with Crippen LogP contribution in [0.2, 0.25) is 0 Å². The number of nitrogen functional groups attached to an aromatic ring is 1. The molecule has 3 aromatic carbocycles. The van der Waals surface area contributed by atoms with Crippen LogP contribution in [0.4, 0.5) is 24.8 Å². The molecule has 9 nitrogen and oxygen atoms in total. The number of likely N-dealkylation sites (N-methyl/N-ethyl adjacent to an activating group) is 1. The van der Waals surface area contributed by atoms with Gasteiger partial charge in [-0.25, -0.2) is 9.97 Å². The number of amides is 1. The number of nitrogens with zero attached hydrogens (tertiary/aromatic N) is 4. The van der Waals surface area contributed by atoms with E-state index in [0.29, 0.717) is 46.7 Å². The molecule has 1 aliphatic heterocycles. The number of alkyl halides is 3. The summed E-state index contributed by atoms with van der Waals surface area (Å²) in [5.74, 6) is 6.47. The van der Waals surface area contributed by atoms with Crippen LogP contribution in [-0.2, 0) is 12.7 Å². The molecule has 0 spiro atoms. The quantitative estimate of drug-likeness (QED) is 0.293. The maximum Gasteiger partial charge on any atom is 0.416 e. The largest absolute Gasteiger partial charge is 0.493 e. The van der Waals surface area contributed by atoms with Crippen LogP contribution in [0.25, 0.3) is 10.9 Å². The van der Waals surface area contributed by atoms with Crippen LogP contribution in [0.5, 0.6) is 11.5 Å². The minimum Gasteiger partial charge on any atom is -0.493 e. The molecule has 0 unspecified atom stereocenters. The predicted octanol–water partition coefficient (Wildman–Crippen LogP) is 4.96. The van der Waals surface area contributed by atoms with Gasteiger partial charge in [0.25, 0.3) is 5.91 Å². The number of rotatable bonds is 6. The number of hydrogen-bond acceptors (Lipinski definition) is 8. The molecule has 0 bridgehead atoms. The molecule has 0 atom stereocenters. The number of piperazine rings is 1. The van der Waals surface area contributed by atoms with Gasteiger partial charge in [0.2, 0.25) is 5.95 Å². The van der Waals surface area contributed by atoms with Gasteiger partial charge in [0, 0.05) is 61.0 Å². The number of nitrogens with one attached hydrogen (secondary N) is 1. The van der Waals surface area contributed by atoms with Crippen LogP contribution in [0, 0.1) is 18.8 Å². The van der Waals surface area contributed by atoms with Crippen LogP contribution in [0.15, 0.2) is 48.5 Å². The number of aromatic nitrogens is 2. The van der Waals surface area contributed by atoms with Crippen LogP contribution in [-0.4, -0.2) is 73.1 Å². The number of anilines is 2. The molecule has 1 fully saturated rings. The zero-order valence-electron chi connectivity index (χ0n) is 25.4. The monoisotopic (exact) mass is 618 g/mol. The first-order chi connectivity index (χ1) is 21.4. The highest BCUT2D eigenvalue weighted by atomic mass is 19.4. The van der Waals surface area contributed by atoms with Crippen molar-refractivity contribution < 1.29 is 27.4 Å². The van der Waals surface area contributed by atoms with Gasteiger partial charge in [-0.15, -0.1) is 0 Å². The van der Waals surface area contributed by atoms with Gasteiger partial charge in [-0.3, -0.25) is 9.69 Å². The van der Waals surface area contributed by atoms with Gasteiger partial charge in [0.05, 0.1) is 25.3 Å². The van der Waals surface area contributed by atoms with E-state index < -0.39 is 17.6 Å². The molecule has 1 aliphatic rings. The maximum atomic E-state index is 14.0. The van der Waals surface area contributed by atoms with Crippen molar-refractivity contribution >= 4 is 28.4 Å². The summed E-state index contributed by atoms with van der Waals surface area (Å²) in [6.07, 6.45) is -4.57. The van der Waals surface area contributed by atoms with Gasteiger partial charge in [-0.1, -0.05) is 18.1 Å². The molecule has 0 radical (unpaired) electrons. The van der Waals surface area contributed by atoms with E-state index >= 15 is 0 Å². The van der Waals surface area contributed by atoms with Crippen molar-refractivity contribution in [2.45, 2.75) is 19.6 Å². The normalized spacial score (nSPS) is 14.1. The van der Waals surface area contributed by atoms with E-state index in [9.17, 15) is 18.0 Å². The van der Waals surface area contributed by atoms with Crippen molar-refractivity contribution in [2.24, 2.45) is 0 Å². The summed E-state index contributed by atoms with van der Waals surface area (Å²) in [6, 6.07) is 12.2. The Bertz CT molecular complexity index is 1810. The number of carbonyl (C=O) groups excluding carboxylic acids is 1. The third kappa shape index (κ3) is 7.28. The molecule has 5 rings (SSSR count). The van der Waals surface area contributed by atoms with Crippen molar-refractivity contribution in [1.29, 1.82) is 0 Å². The molecule has 12 heteroatoms. The highest BCUT2D eigenvalue weighted by molar-refractivity contribution is 6.04. The Morgan fingerprint density at radius 1 is 0.978 bits per heavy atom. The smallest absolute Gasteiger partial charge is 0.416 e. The highest BCUT2D eigenvalue weighted by Crippen LogP contribution is 2.35. The predicted molar refractivity (Wildman–Crippen MR) is 166 cm³/mol. The molecule has 1 aromatic heterocycles. The number of benzene rings is 3. The second-order valence-corrected chi connectivity index (χ2v) is 10.8. The van der Waals surface area contributed by atoms with Crippen LogP contribution in [0.3, 0.4) is 0 Å². The molecule has 2 heterocycles. The molecular weight excluding hydrogens is 585 g/mol. The number of ether oxygens (including phenoxy) is 2. The summed E-state index contributed by atoms with van der Waals surface area (Å²) >= 11 is 0. The van der Waals surface area contributed by atoms with Gasteiger partial charge >= 0.3 is 6.18 Å². The lowest BCUT2D eigenvalue weighted by Crippen LogP contribution is -2.44. The fourth-order valence-corrected chi connectivity index (χ4v) is 5.10. The van der Waals surface area contributed by atoms with Crippen molar-refractivity contribution in [3.8, 4) is 23.3 Å². The average molecular weight is 619 g/mol. The van der Waals surface area contributed by atoms with Crippen molar-refractivity contribution in [1.82, 2.24) is 19.8 Å². The Kier molecular flexibility index (Phi) is 9.13. The first-order valence-electron chi connectivity index (χ1n) is 14.2. The first-order valence-corrected chi connectivity index (χ1v) is 14.2. The molecule has 1 saturated heterocycles. The highest BCUT2D eigenvalue weighted by Gasteiger charge is 2.34. The maximum absolute atomic E-state index is 14.0. The van der Waals surface area contributed by atoms with Crippen molar-refractivity contribution in [3.05, 3.63) is 82.0 Å². The summed E-state index contributed by atoms with van der Waals surface area (Å²) in [6.45, 7) is 4.99. The van der Waals surface area contributed by atoms with E-state index in [4.69, 9.17) is 15.2 Å². The number of aryl methyl sites for hydroxylation is 1. The molecule has 45 heavy (non-hydrogen) atoms. The summed E-state index contributed by atoms with van der Waals surface area (Å²) < 4.78 is 52.9. The fourth-order valence-electron chi connectivity index (χ4n) is 5.10. The number of fused-ring (bicyclic) bond motifs is 1. The molecule has 234 valence electrons. The zero-order chi connectivity index (χ0) is 32.3. The molecule has 3 N–H and O–H groups in total. The van der Waals surface area contributed by atoms with E-state index in [-0.39, 0.29) is 29.3 Å². The van der Waals surface area contributed by atoms with Crippen LogP contribution < -0.4 is 20.5 Å². The summed E-state index contributed by atoms with van der Waals surface area (Å²) in [7, 11) is 5.02. The van der Waals surface area contributed by atoms with Gasteiger partial charge in [0.15, 0.2) is 11.5 Å². The van der Waals surface area contributed by atoms with E-state index in [1.165, 1.54) is 26.4 Å². The van der Waals surface area contributed by atoms with Gasteiger partial charge in [-0.05, 0) is 61.4 Å². The van der Waals surface area contributed by atoms with Gasteiger partial charge in [0.1, 0.15) is 5.69 Å². The minimum atomic E-state index is -4.57. The number of methoxy groups -OCH3 is 2. The Morgan fingerprint density at radius 2 is 1.69 bits per heavy atom. The summed E-state index contributed by atoms with van der Waals surface area (Å²) in [5, 5.41) is 3.21. The standard InChI is InChI=1S/C33H33F3N6O3/c1-20-5-6-22(15-21(20)8-10-27-25-17-29(44-3)30(45-4)18-28(25)40-32(37)39-27)31(43)38-24-9-7-23(26(16-24)33(34,35)36)19-42-13-11-41(2)12-14-42/h5-7,9,15-18H,11-14,19H2,1-4H3,(H,38,43)(H2,37,39,40). The average Bonchev–Trinajstić information content (AvgIpc) is 3.01. The first kappa shape index (κ1) is 31.6. The van der Waals surface area contributed by atoms with Crippen LogP contribution >= 0.6 is 0 Å². The molecule has 1 amide bonds. The number of nitrogens with two attached hydrogens (primary N) is 1. The Morgan fingerprint density at radius 3 is 2.38 bits per heavy atom. The number of halogens is 3. The number of carbonyl (C=O) groups is 1. The molecule has 0 aliphatic carbocycles. The van der Waals surface area contributed by atoms with Gasteiger partial charge in [-0.2, -0.15) is 13.2 Å². The Hall–Kier alpha value is -4.86. The van der Waals surface area contributed by atoms with Crippen LogP contribution in [0.1, 0.15) is 38.3 Å².